The molecular weight excluding hydrogens is 280 g/mol. The maximum absolute atomic E-state index is 12.5. The molecule has 5 heteroatoms. The predicted molar refractivity (Wildman–Crippen MR) is 84.9 cm³/mol. The highest BCUT2D eigenvalue weighted by atomic mass is 16.6. The highest BCUT2D eigenvalue weighted by Crippen LogP contribution is 2.38. The summed E-state index contributed by atoms with van der Waals surface area (Å²) in [5, 5.41) is 3.37. The van der Waals surface area contributed by atoms with Gasteiger partial charge in [-0.15, -0.1) is 0 Å². The van der Waals surface area contributed by atoms with Gasteiger partial charge in [0.15, 0.2) is 0 Å². The van der Waals surface area contributed by atoms with Gasteiger partial charge in [-0.1, -0.05) is 19.3 Å². The number of ether oxygens (including phenoxy) is 2. The lowest BCUT2D eigenvalue weighted by atomic mass is 9.84. The van der Waals surface area contributed by atoms with Gasteiger partial charge < -0.3 is 14.8 Å². The van der Waals surface area contributed by atoms with Crippen LogP contribution in [0.1, 0.15) is 51.9 Å². The van der Waals surface area contributed by atoms with E-state index in [-0.39, 0.29) is 17.7 Å². The molecule has 1 spiro atoms. The first-order chi connectivity index (χ1) is 10.7. The lowest BCUT2D eigenvalue weighted by Crippen LogP contribution is -2.54. The Hall–Kier alpha value is -0.810. The van der Waals surface area contributed by atoms with Crippen molar-refractivity contribution in [1.29, 1.82) is 0 Å². The van der Waals surface area contributed by atoms with Crippen LogP contribution in [0.3, 0.4) is 0 Å². The molecule has 0 aromatic rings. The summed E-state index contributed by atoms with van der Waals surface area (Å²) in [5.41, 5.74) is -0.327. The third kappa shape index (κ3) is 3.25. The van der Waals surface area contributed by atoms with Crippen molar-refractivity contribution in [2.75, 3.05) is 32.8 Å². The van der Waals surface area contributed by atoms with Gasteiger partial charge in [-0.3, -0.25) is 4.90 Å². The average molecular weight is 310 g/mol. The van der Waals surface area contributed by atoms with Crippen molar-refractivity contribution in [2.45, 2.75) is 63.5 Å². The van der Waals surface area contributed by atoms with E-state index in [1.165, 1.54) is 32.1 Å². The average Bonchev–Trinajstić information content (AvgIpc) is 2.78. The normalized spacial score (nSPS) is 29.0. The minimum absolute atomic E-state index is 0.0870. The summed E-state index contributed by atoms with van der Waals surface area (Å²) in [5.74, 6) is 0.641. The SMILES string of the molecule is CCOCC1N(CC2CCCCC2)C(=O)OC12CCNCC2. The number of carbonyl (C=O) groups excluding carboxylic acids is 1. The molecule has 22 heavy (non-hydrogen) atoms. The van der Waals surface area contributed by atoms with E-state index in [0.717, 1.165) is 32.5 Å². The largest absolute Gasteiger partial charge is 0.440 e. The van der Waals surface area contributed by atoms with E-state index in [1.807, 2.05) is 11.8 Å². The van der Waals surface area contributed by atoms with E-state index in [0.29, 0.717) is 19.1 Å². The topological polar surface area (TPSA) is 50.8 Å². The summed E-state index contributed by atoms with van der Waals surface area (Å²) in [4.78, 5) is 14.5. The minimum Gasteiger partial charge on any atom is -0.440 e. The molecule has 0 bridgehead atoms. The molecule has 3 fully saturated rings. The Morgan fingerprint density at radius 1 is 1.27 bits per heavy atom. The lowest BCUT2D eigenvalue weighted by molar-refractivity contribution is -0.0219. The van der Waals surface area contributed by atoms with E-state index >= 15 is 0 Å². The number of amides is 1. The van der Waals surface area contributed by atoms with Gasteiger partial charge in [0.25, 0.3) is 0 Å². The predicted octanol–water partition coefficient (Wildman–Crippen LogP) is 2.55. The van der Waals surface area contributed by atoms with Crippen molar-refractivity contribution in [3.05, 3.63) is 0 Å². The molecule has 0 aromatic heterocycles. The Morgan fingerprint density at radius 2 is 2.00 bits per heavy atom. The third-order valence-corrected chi connectivity index (χ3v) is 5.62. The molecule has 126 valence electrons. The summed E-state index contributed by atoms with van der Waals surface area (Å²) in [7, 11) is 0. The fourth-order valence-corrected chi connectivity index (χ4v) is 4.32. The van der Waals surface area contributed by atoms with Gasteiger partial charge >= 0.3 is 6.09 Å². The second kappa shape index (κ2) is 7.18. The van der Waals surface area contributed by atoms with Crippen LogP contribution in [0.4, 0.5) is 4.79 Å². The van der Waals surface area contributed by atoms with Gasteiger partial charge in [-0.25, -0.2) is 4.79 Å². The fourth-order valence-electron chi connectivity index (χ4n) is 4.32. The Morgan fingerprint density at radius 3 is 2.68 bits per heavy atom. The van der Waals surface area contributed by atoms with Gasteiger partial charge in [-0.05, 0) is 38.8 Å². The summed E-state index contributed by atoms with van der Waals surface area (Å²) in [6.07, 6.45) is 8.14. The third-order valence-electron chi connectivity index (χ3n) is 5.62. The van der Waals surface area contributed by atoms with Gasteiger partial charge in [0.1, 0.15) is 5.60 Å². The summed E-state index contributed by atoms with van der Waals surface area (Å²) in [6, 6.07) is 0.0870. The second-order valence-corrected chi connectivity index (χ2v) is 7.01. The summed E-state index contributed by atoms with van der Waals surface area (Å²) < 4.78 is 11.6. The van der Waals surface area contributed by atoms with Crippen LogP contribution < -0.4 is 5.32 Å². The molecule has 1 N–H and O–H groups in total. The molecule has 3 rings (SSSR count). The van der Waals surface area contributed by atoms with Crippen LogP contribution in [0.5, 0.6) is 0 Å². The van der Waals surface area contributed by atoms with E-state index in [2.05, 4.69) is 5.32 Å². The van der Waals surface area contributed by atoms with Crippen molar-refractivity contribution in [2.24, 2.45) is 5.92 Å². The molecule has 2 aliphatic heterocycles. The van der Waals surface area contributed by atoms with Gasteiger partial charge in [-0.2, -0.15) is 0 Å². The van der Waals surface area contributed by atoms with Gasteiger partial charge in [0.2, 0.25) is 0 Å². The molecule has 1 atom stereocenters. The molecule has 2 saturated heterocycles. The van der Waals surface area contributed by atoms with Crippen molar-refractivity contribution in [3.63, 3.8) is 0 Å². The molecule has 1 aliphatic carbocycles. The van der Waals surface area contributed by atoms with E-state index in [1.54, 1.807) is 0 Å². The van der Waals surface area contributed by atoms with Crippen molar-refractivity contribution in [1.82, 2.24) is 10.2 Å². The van der Waals surface area contributed by atoms with Crippen molar-refractivity contribution >= 4 is 6.09 Å². The highest BCUT2D eigenvalue weighted by Gasteiger charge is 2.54. The highest BCUT2D eigenvalue weighted by molar-refractivity contribution is 5.71. The molecule has 1 saturated carbocycles. The number of nitrogens with zero attached hydrogens (tertiary/aromatic N) is 1. The molecule has 3 aliphatic rings. The standard InChI is InChI=1S/C17H30N2O3/c1-2-21-13-15-17(8-10-18-11-9-17)22-16(20)19(15)12-14-6-4-3-5-7-14/h14-15,18H,2-13H2,1H3. The van der Waals surface area contributed by atoms with Crippen LogP contribution in [0.15, 0.2) is 0 Å². The Labute approximate surface area is 133 Å². The zero-order valence-electron chi connectivity index (χ0n) is 13.8. The van der Waals surface area contributed by atoms with E-state index in [9.17, 15) is 4.79 Å². The number of rotatable bonds is 5. The van der Waals surface area contributed by atoms with Crippen LogP contribution in [-0.2, 0) is 9.47 Å². The number of carbonyl (C=O) groups is 1. The molecule has 2 heterocycles. The molecule has 1 amide bonds. The molecule has 0 aromatic carbocycles. The minimum atomic E-state index is -0.327. The Balaban J connectivity index is 1.72. The quantitative estimate of drug-likeness (QED) is 0.848. The zero-order valence-corrected chi connectivity index (χ0v) is 13.8. The number of hydrogen-bond acceptors (Lipinski definition) is 4. The lowest BCUT2D eigenvalue weighted by Gasteiger charge is -2.38. The molecular formula is C17H30N2O3. The molecule has 5 nitrogen and oxygen atoms in total. The number of nitrogens with one attached hydrogen (secondary N) is 1. The smallest absolute Gasteiger partial charge is 0.410 e. The Kier molecular flexibility index (Phi) is 5.24. The van der Waals surface area contributed by atoms with E-state index < -0.39 is 0 Å². The summed E-state index contributed by atoms with van der Waals surface area (Å²) >= 11 is 0. The van der Waals surface area contributed by atoms with Crippen molar-refractivity contribution in [3.8, 4) is 0 Å². The maximum atomic E-state index is 12.5. The van der Waals surface area contributed by atoms with Gasteiger partial charge in [0, 0.05) is 26.0 Å². The first-order valence-corrected chi connectivity index (χ1v) is 9.03. The fraction of sp³-hybridized carbons (Fsp3) is 0.941. The second-order valence-electron chi connectivity index (χ2n) is 7.01. The van der Waals surface area contributed by atoms with Crippen LogP contribution in [0, 0.1) is 5.92 Å². The number of piperidine rings is 1. The van der Waals surface area contributed by atoms with E-state index in [4.69, 9.17) is 9.47 Å². The Bertz CT molecular complexity index is 376. The zero-order chi connectivity index (χ0) is 15.4. The molecule has 1 unspecified atom stereocenters. The maximum Gasteiger partial charge on any atom is 0.410 e. The monoisotopic (exact) mass is 310 g/mol. The van der Waals surface area contributed by atoms with Crippen LogP contribution in [-0.4, -0.2) is 55.5 Å². The van der Waals surface area contributed by atoms with Crippen LogP contribution in [0.2, 0.25) is 0 Å². The van der Waals surface area contributed by atoms with Crippen LogP contribution in [0.25, 0.3) is 0 Å². The first kappa shape index (κ1) is 16.1. The number of hydrogen-bond donors (Lipinski definition) is 1. The first-order valence-electron chi connectivity index (χ1n) is 9.03. The van der Waals surface area contributed by atoms with Crippen molar-refractivity contribution < 1.29 is 14.3 Å². The van der Waals surface area contributed by atoms with Crippen LogP contribution >= 0.6 is 0 Å². The summed E-state index contributed by atoms with van der Waals surface area (Å²) in [6.45, 7) is 6.01. The molecule has 0 radical (unpaired) electrons. The van der Waals surface area contributed by atoms with Gasteiger partial charge in [0.05, 0.1) is 12.6 Å².